The largest absolute Gasteiger partial charge is 0.507 e. The number of nitrogens with one attached hydrogen (secondary N) is 2. The topological polar surface area (TPSA) is 90.4 Å². The fourth-order valence-electron chi connectivity index (χ4n) is 2.12. The molecule has 0 fully saturated rings. The van der Waals surface area contributed by atoms with Crippen molar-refractivity contribution in [2.75, 3.05) is 0 Å². The lowest BCUT2D eigenvalue weighted by molar-refractivity contribution is 0.0950. The predicted molar refractivity (Wildman–Crippen MR) is 105 cm³/mol. The zero-order valence-corrected chi connectivity index (χ0v) is 16.1. The summed E-state index contributed by atoms with van der Waals surface area (Å²) in [4.78, 5) is 12.1. The fourth-order valence-corrected chi connectivity index (χ4v) is 3.01. The number of hydrogen-bond acceptors (Lipinski definition) is 4. The lowest BCUT2D eigenvalue weighted by atomic mass is 10.1. The molecule has 1 aromatic heterocycles. The van der Waals surface area contributed by atoms with E-state index in [-0.39, 0.29) is 11.4 Å². The third kappa shape index (κ3) is 4.24. The van der Waals surface area contributed by atoms with E-state index in [1.165, 1.54) is 12.3 Å². The van der Waals surface area contributed by atoms with Gasteiger partial charge in [0.2, 0.25) is 0 Å². The van der Waals surface area contributed by atoms with Crippen molar-refractivity contribution in [1.29, 1.82) is 0 Å². The minimum atomic E-state index is -0.487. The number of aromatic nitrogens is 2. The highest BCUT2D eigenvalue weighted by Gasteiger charge is 2.13. The molecule has 3 N–H and O–H groups in total. The first-order valence-corrected chi connectivity index (χ1v) is 8.81. The van der Waals surface area contributed by atoms with E-state index in [4.69, 9.17) is 23.2 Å². The van der Waals surface area contributed by atoms with Crippen molar-refractivity contribution in [2.45, 2.75) is 0 Å². The summed E-state index contributed by atoms with van der Waals surface area (Å²) in [5.41, 5.74) is 4.18. The highest BCUT2D eigenvalue weighted by atomic mass is 79.9. The number of amides is 1. The molecule has 1 heterocycles. The molecule has 2 aromatic carbocycles. The minimum absolute atomic E-state index is 0.0485. The average molecular weight is 454 g/mol. The quantitative estimate of drug-likeness (QED) is 0.397. The van der Waals surface area contributed by atoms with Crippen LogP contribution in [0.1, 0.15) is 16.1 Å². The van der Waals surface area contributed by atoms with Crippen molar-refractivity contribution in [3.8, 4) is 17.0 Å². The molecule has 3 rings (SSSR count). The lowest BCUT2D eigenvalue weighted by Crippen LogP contribution is -2.18. The van der Waals surface area contributed by atoms with Gasteiger partial charge in [0.25, 0.3) is 5.91 Å². The monoisotopic (exact) mass is 452 g/mol. The van der Waals surface area contributed by atoms with Crippen molar-refractivity contribution >= 4 is 51.3 Å². The van der Waals surface area contributed by atoms with Crippen molar-refractivity contribution < 1.29 is 9.90 Å². The maximum atomic E-state index is 12.1. The standard InChI is InChI=1S/C17H11BrCl2N4O2/c18-10-1-4-16(25)9(5-10)8-21-24-17(26)15-7-14(22-23-15)12-3-2-11(19)6-13(12)20/h1-8,25H,(H,22,23)(H,24,26)/b21-8-. The summed E-state index contributed by atoms with van der Waals surface area (Å²) in [7, 11) is 0. The van der Waals surface area contributed by atoms with E-state index < -0.39 is 5.91 Å². The Balaban J connectivity index is 1.72. The number of carbonyl (C=O) groups excluding carboxylic acids is 1. The summed E-state index contributed by atoms with van der Waals surface area (Å²) in [6, 6.07) is 11.4. The molecule has 0 unspecified atom stereocenters. The Bertz CT molecular complexity index is 1000. The van der Waals surface area contributed by atoms with Crippen molar-refractivity contribution in [2.24, 2.45) is 5.10 Å². The Labute approximate surface area is 167 Å². The molecule has 0 bridgehead atoms. The van der Waals surface area contributed by atoms with Gasteiger partial charge in [0.05, 0.1) is 16.9 Å². The Morgan fingerprint density at radius 3 is 2.81 bits per heavy atom. The molecule has 132 valence electrons. The normalized spacial score (nSPS) is 11.0. The Morgan fingerprint density at radius 2 is 2.04 bits per heavy atom. The van der Waals surface area contributed by atoms with Crippen LogP contribution in [0.15, 0.2) is 52.0 Å². The molecule has 0 aliphatic carbocycles. The van der Waals surface area contributed by atoms with E-state index in [9.17, 15) is 9.90 Å². The van der Waals surface area contributed by atoms with Gasteiger partial charge in [0.15, 0.2) is 0 Å². The molecular weight excluding hydrogens is 443 g/mol. The minimum Gasteiger partial charge on any atom is -0.507 e. The maximum absolute atomic E-state index is 12.1. The summed E-state index contributed by atoms with van der Waals surface area (Å²) < 4.78 is 0.779. The van der Waals surface area contributed by atoms with Gasteiger partial charge in [-0.05, 0) is 42.5 Å². The summed E-state index contributed by atoms with van der Waals surface area (Å²) in [6.45, 7) is 0. The molecule has 0 aliphatic rings. The highest BCUT2D eigenvalue weighted by molar-refractivity contribution is 9.10. The SMILES string of the molecule is O=C(N/N=C\c1cc(Br)ccc1O)c1cc(-c2ccc(Cl)cc2Cl)n[nH]1. The van der Waals surface area contributed by atoms with Crippen LogP contribution in [0, 0.1) is 0 Å². The molecule has 0 spiro atoms. The summed E-state index contributed by atoms with van der Waals surface area (Å²) in [6.07, 6.45) is 1.34. The van der Waals surface area contributed by atoms with Gasteiger partial charge in [0.1, 0.15) is 11.4 Å². The van der Waals surface area contributed by atoms with Crippen molar-refractivity contribution in [1.82, 2.24) is 15.6 Å². The summed E-state index contributed by atoms with van der Waals surface area (Å²) >= 11 is 15.3. The predicted octanol–water partition coefficient (Wildman–Crippen LogP) is 4.62. The second-order valence-electron chi connectivity index (χ2n) is 5.19. The number of nitrogens with zero attached hydrogens (tertiary/aromatic N) is 2. The molecule has 0 saturated carbocycles. The van der Waals surface area contributed by atoms with Crippen LogP contribution in [0.2, 0.25) is 10.0 Å². The molecule has 1 amide bonds. The van der Waals surface area contributed by atoms with Gasteiger partial charge in [0, 0.05) is 20.6 Å². The number of hydrogen-bond donors (Lipinski definition) is 3. The first kappa shape index (κ1) is 18.4. The number of benzene rings is 2. The highest BCUT2D eigenvalue weighted by Crippen LogP contribution is 2.29. The Morgan fingerprint density at radius 1 is 1.23 bits per heavy atom. The number of rotatable bonds is 4. The van der Waals surface area contributed by atoms with Crippen molar-refractivity contribution in [3.05, 3.63) is 68.2 Å². The smallest absolute Gasteiger partial charge is 0.289 e. The van der Waals surface area contributed by atoms with Crippen LogP contribution in [-0.4, -0.2) is 27.4 Å². The molecule has 0 saturated heterocycles. The molecule has 0 radical (unpaired) electrons. The number of phenolic OH excluding ortho intramolecular Hbond substituents is 1. The molecule has 0 atom stereocenters. The third-order valence-electron chi connectivity index (χ3n) is 3.39. The van der Waals surface area contributed by atoms with Crippen LogP contribution in [0.3, 0.4) is 0 Å². The number of halogens is 3. The first-order valence-electron chi connectivity index (χ1n) is 7.27. The number of aromatic hydroxyl groups is 1. The zero-order chi connectivity index (χ0) is 18.7. The molecule has 9 heteroatoms. The Kier molecular flexibility index (Phi) is 5.61. The molecule has 6 nitrogen and oxygen atoms in total. The summed E-state index contributed by atoms with van der Waals surface area (Å²) in [5, 5.41) is 21.2. The van der Waals surface area contributed by atoms with E-state index >= 15 is 0 Å². The second kappa shape index (κ2) is 7.90. The van der Waals surface area contributed by atoms with Gasteiger partial charge < -0.3 is 5.11 Å². The van der Waals surface area contributed by atoms with E-state index in [2.05, 4.69) is 36.7 Å². The summed E-state index contributed by atoms with van der Waals surface area (Å²) in [5.74, 6) is -0.438. The number of carbonyl (C=O) groups is 1. The van der Waals surface area contributed by atoms with Gasteiger partial charge >= 0.3 is 0 Å². The van der Waals surface area contributed by atoms with Crippen LogP contribution in [0.5, 0.6) is 5.75 Å². The van der Waals surface area contributed by atoms with Crippen LogP contribution >= 0.6 is 39.1 Å². The first-order chi connectivity index (χ1) is 12.4. The van der Waals surface area contributed by atoms with Gasteiger partial charge in [-0.1, -0.05) is 39.1 Å². The number of aromatic amines is 1. The Hall–Kier alpha value is -2.35. The van der Waals surface area contributed by atoms with Crippen LogP contribution in [-0.2, 0) is 0 Å². The van der Waals surface area contributed by atoms with E-state index in [1.807, 2.05) is 0 Å². The van der Waals surface area contributed by atoms with E-state index in [0.29, 0.717) is 26.9 Å². The van der Waals surface area contributed by atoms with Crippen molar-refractivity contribution in [3.63, 3.8) is 0 Å². The van der Waals surface area contributed by atoms with E-state index in [0.717, 1.165) is 4.47 Å². The van der Waals surface area contributed by atoms with Crippen LogP contribution in [0.25, 0.3) is 11.3 Å². The molecular formula is C17H11BrCl2N4O2. The average Bonchev–Trinajstić information content (AvgIpc) is 3.07. The zero-order valence-electron chi connectivity index (χ0n) is 13.0. The number of phenols is 1. The van der Waals surface area contributed by atoms with Gasteiger partial charge in [-0.25, -0.2) is 5.43 Å². The number of H-pyrrole nitrogens is 1. The van der Waals surface area contributed by atoms with E-state index in [1.54, 1.807) is 36.4 Å². The van der Waals surface area contributed by atoms with Crippen LogP contribution < -0.4 is 5.43 Å². The number of hydrazone groups is 1. The molecule has 0 aliphatic heterocycles. The maximum Gasteiger partial charge on any atom is 0.289 e. The van der Waals surface area contributed by atoms with Gasteiger partial charge in [-0.3, -0.25) is 9.89 Å². The van der Waals surface area contributed by atoms with Gasteiger partial charge in [-0.2, -0.15) is 10.2 Å². The molecule has 26 heavy (non-hydrogen) atoms. The van der Waals surface area contributed by atoms with Gasteiger partial charge in [-0.15, -0.1) is 0 Å². The van der Waals surface area contributed by atoms with Crippen LogP contribution in [0.4, 0.5) is 0 Å². The fraction of sp³-hybridized carbons (Fsp3) is 0. The third-order valence-corrected chi connectivity index (χ3v) is 4.43. The molecule has 3 aromatic rings. The second-order valence-corrected chi connectivity index (χ2v) is 6.95. The lowest BCUT2D eigenvalue weighted by Gasteiger charge is -2.00.